The molecule has 1 heterocycles. The Morgan fingerprint density at radius 1 is 1.04 bits per heavy atom. The molecule has 0 unspecified atom stereocenters. The van der Waals surface area contributed by atoms with Gasteiger partial charge in [-0.2, -0.15) is 0 Å². The van der Waals surface area contributed by atoms with Crippen LogP contribution in [0.3, 0.4) is 0 Å². The van der Waals surface area contributed by atoms with Crippen molar-refractivity contribution in [2.45, 2.75) is 79.2 Å². The van der Waals surface area contributed by atoms with Crippen LogP contribution in [0.5, 0.6) is 0 Å². The van der Waals surface area contributed by atoms with Gasteiger partial charge >= 0.3 is 174 Å². The molecule has 0 spiro atoms. The summed E-state index contributed by atoms with van der Waals surface area (Å²) in [6, 6.07) is 6.98. The van der Waals surface area contributed by atoms with E-state index in [1.165, 1.54) is 23.2 Å². The zero-order chi connectivity index (χ0) is 18.3. The quantitative estimate of drug-likeness (QED) is 0.271. The van der Waals surface area contributed by atoms with Gasteiger partial charge in [-0.3, -0.25) is 0 Å². The molecule has 0 atom stereocenters. The van der Waals surface area contributed by atoms with Crippen molar-refractivity contribution >= 4 is 40.6 Å². The zero-order valence-electron chi connectivity index (χ0n) is 16.2. The minimum atomic E-state index is 0.199. The third kappa shape index (κ3) is 4.07. The standard InChI is InChI=1S/C20H31I2NSe/c1-13(2)15-10-9-11-16(14(3)4)17(15)23-18(24-22-21)19(5,6)12-20(23,7)8/h9-11,13-14H,12H2,1-8H3. The molecular formula is C20H31I2NSe. The van der Waals surface area contributed by atoms with Gasteiger partial charge in [-0.1, -0.05) is 0 Å². The molecule has 0 amide bonds. The van der Waals surface area contributed by atoms with Gasteiger partial charge in [0.25, 0.3) is 0 Å². The topological polar surface area (TPSA) is 3.01 Å². The van der Waals surface area contributed by atoms with E-state index in [-0.39, 0.29) is 20.5 Å². The van der Waals surface area contributed by atoms with E-state index in [4.69, 9.17) is 0 Å². The van der Waals surface area contributed by atoms with Crippen LogP contribution in [-0.2, 0) is 0 Å². The normalized spacial score (nSPS) is 19.8. The molecule has 0 bridgehead atoms. The molecule has 0 fully saturated rings. The third-order valence-electron chi connectivity index (χ3n) is 4.93. The monoisotopic (exact) mass is 619 g/mol. The van der Waals surface area contributed by atoms with Crippen molar-refractivity contribution in [3.8, 4) is 0 Å². The van der Waals surface area contributed by atoms with Crippen molar-refractivity contribution < 1.29 is 19.6 Å². The predicted octanol–water partition coefficient (Wildman–Crippen LogP) is 3.24. The Kier molecular flexibility index (Phi) is 6.93. The molecule has 1 aromatic rings. The van der Waals surface area contributed by atoms with Crippen LogP contribution in [0.25, 0.3) is 0 Å². The van der Waals surface area contributed by atoms with Crippen molar-refractivity contribution in [3.63, 3.8) is 0 Å². The summed E-state index contributed by atoms with van der Waals surface area (Å²) in [5.74, 6) is 1.11. The molecule has 0 aromatic heterocycles. The van der Waals surface area contributed by atoms with Crippen LogP contribution in [0.1, 0.15) is 84.8 Å². The van der Waals surface area contributed by atoms with Crippen LogP contribution in [-0.4, -0.2) is 26.4 Å². The first-order valence-electron chi connectivity index (χ1n) is 8.76. The van der Waals surface area contributed by atoms with Gasteiger partial charge in [-0.25, -0.2) is 0 Å². The van der Waals surface area contributed by atoms with E-state index >= 15 is 0 Å². The van der Waals surface area contributed by atoms with Gasteiger partial charge in [0.1, 0.15) is 0 Å². The van der Waals surface area contributed by atoms with Crippen LogP contribution < -0.4 is 15.0 Å². The Hall–Kier alpha value is 0.869. The Morgan fingerprint density at radius 3 is 1.96 bits per heavy atom. The van der Waals surface area contributed by atoms with Crippen molar-refractivity contribution in [2.24, 2.45) is 5.41 Å². The van der Waals surface area contributed by atoms with Crippen molar-refractivity contribution in [1.82, 2.24) is 0 Å². The van der Waals surface area contributed by atoms with Crippen LogP contribution in [0.15, 0.2) is 18.2 Å². The summed E-state index contributed by atoms with van der Waals surface area (Å²) in [6.07, 6.45) is 1.25. The molecular weight excluding hydrogens is 587 g/mol. The molecule has 0 radical (unpaired) electrons. The third-order valence-corrected chi connectivity index (χ3v) is 15.7. The fourth-order valence-corrected chi connectivity index (χ4v) is 16.2. The number of rotatable bonds is 5. The van der Waals surface area contributed by atoms with E-state index in [0.29, 0.717) is 29.0 Å². The SMILES string of the molecule is CC(C)c1cccc(C(C)C)c1[N+]1=C([Se][I-]I)C(C)(C)CC1(C)C. The second-order valence-electron chi connectivity index (χ2n) is 8.74. The van der Waals surface area contributed by atoms with Crippen molar-refractivity contribution in [2.75, 3.05) is 0 Å². The van der Waals surface area contributed by atoms with Crippen LogP contribution in [0.4, 0.5) is 5.69 Å². The molecule has 1 nitrogen and oxygen atoms in total. The Bertz CT molecular complexity index is 619. The van der Waals surface area contributed by atoms with Gasteiger partial charge < -0.3 is 0 Å². The van der Waals surface area contributed by atoms with E-state index in [1.807, 2.05) is 0 Å². The van der Waals surface area contributed by atoms with Gasteiger partial charge in [0.05, 0.1) is 0 Å². The molecule has 1 aromatic carbocycles. The van der Waals surface area contributed by atoms with E-state index in [1.54, 1.807) is 4.61 Å². The van der Waals surface area contributed by atoms with Crippen LogP contribution >= 0.6 is 18.6 Å². The van der Waals surface area contributed by atoms with Crippen LogP contribution in [0, 0.1) is 5.41 Å². The van der Waals surface area contributed by atoms with Gasteiger partial charge in [0.2, 0.25) is 0 Å². The van der Waals surface area contributed by atoms with Gasteiger partial charge in [-0.15, -0.1) is 0 Å². The number of halogens is 2. The zero-order valence-corrected chi connectivity index (χ0v) is 22.2. The van der Waals surface area contributed by atoms with E-state index in [9.17, 15) is 0 Å². The Balaban J connectivity index is 2.87. The fourth-order valence-electron chi connectivity index (χ4n) is 4.15. The molecule has 1 aliphatic heterocycles. The van der Waals surface area contributed by atoms with E-state index < -0.39 is 0 Å². The molecule has 2 rings (SSSR count). The van der Waals surface area contributed by atoms with E-state index in [2.05, 4.69) is 96.8 Å². The summed E-state index contributed by atoms with van der Waals surface area (Å²) in [4.78, 5) is 0. The molecule has 0 saturated heterocycles. The maximum absolute atomic E-state index is 2.79. The summed E-state index contributed by atoms with van der Waals surface area (Å²) in [7, 11) is 0. The summed E-state index contributed by atoms with van der Waals surface area (Å²) < 4.78 is 4.52. The van der Waals surface area contributed by atoms with Gasteiger partial charge in [0, 0.05) is 0 Å². The molecule has 136 valence electrons. The molecule has 0 N–H and O–H groups in total. The van der Waals surface area contributed by atoms with Crippen molar-refractivity contribution in [1.29, 1.82) is 0 Å². The van der Waals surface area contributed by atoms with Crippen molar-refractivity contribution in [3.05, 3.63) is 29.3 Å². The molecule has 4 heteroatoms. The Labute approximate surface area is 172 Å². The predicted molar refractivity (Wildman–Crippen MR) is 112 cm³/mol. The number of para-hydroxylation sites is 1. The summed E-state index contributed by atoms with van der Waals surface area (Å²) in [5, 5.41) is 0. The number of hydrogen-bond donors (Lipinski definition) is 0. The first-order chi connectivity index (χ1) is 11.0. The number of hydrogen-bond acceptors (Lipinski definition) is 0. The molecule has 1 aliphatic rings. The molecule has 0 saturated carbocycles. The first-order valence-corrected chi connectivity index (χ1v) is 21.1. The van der Waals surface area contributed by atoms with Gasteiger partial charge in [0.15, 0.2) is 0 Å². The molecule has 24 heavy (non-hydrogen) atoms. The first kappa shape index (κ1) is 21.2. The number of nitrogens with zero attached hydrogens (tertiary/aromatic N) is 1. The van der Waals surface area contributed by atoms with Gasteiger partial charge in [-0.05, 0) is 0 Å². The average molecular weight is 618 g/mol. The summed E-state index contributed by atoms with van der Waals surface area (Å²) in [5.41, 5.74) is 5.10. The van der Waals surface area contributed by atoms with E-state index in [0.717, 1.165) is 0 Å². The molecule has 0 aliphatic carbocycles. The Morgan fingerprint density at radius 2 is 1.54 bits per heavy atom. The second-order valence-corrected chi connectivity index (χ2v) is 25.7. The second kappa shape index (κ2) is 7.85. The maximum atomic E-state index is 2.79. The fraction of sp³-hybridized carbons (Fsp3) is 0.650. The minimum absolute atomic E-state index is 0.199. The summed E-state index contributed by atoms with van der Waals surface area (Å²) in [6.45, 7) is 19.2. The average Bonchev–Trinajstić information content (AvgIpc) is 2.62. The summed E-state index contributed by atoms with van der Waals surface area (Å²) >= 11 is 3.61. The number of benzene rings is 1. The van der Waals surface area contributed by atoms with Crippen LogP contribution in [0.2, 0.25) is 0 Å².